The van der Waals surface area contributed by atoms with Crippen LogP contribution in [0.5, 0.6) is 0 Å². The van der Waals surface area contributed by atoms with Gasteiger partial charge in [0, 0.05) is 30.6 Å². The van der Waals surface area contributed by atoms with Gasteiger partial charge in [0.1, 0.15) is 5.41 Å². The first-order valence-electron chi connectivity index (χ1n) is 6.13. The van der Waals surface area contributed by atoms with Crippen molar-refractivity contribution in [1.82, 2.24) is 10.3 Å². The van der Waals surface area contributed by atoms with E-state index in [2.05, 4.69) is 10.3 Å². The van der Waals surface area contributed by atoms with E-state index in [9.17, 15) is 9.59 Å². The predicted octanol–water partition coefficient (Wildman–Crippen LogP) is 1.81. The molecule has 0 radical (unpaired) electrons. The fourth-order valence-corrected chi connectivity index (χ4v) is 2.26. The Morgan fingerprint density at radius 3 is 2.84 bits per heavy atom. The van der Waals surface area contributed by atoms with Crippen LogP contribution in [-0.4, -0.2) is 23.7 Å². The van der Waals surface area contributed by atoms with Crippen molar-refractivity contribution in [2.75, 3.05) is 7.05 Å². The summed E-state index contributed by atoms with van der Waals surface area (Å²) in [5.74, 6) is -0.496. The van der Waals surface area contributed by atoms with E-state index in [0.717, 1.165) is 0 Å². The van der Waals surface area contributed by atoms with E-state index in [0.29, 0.717) is 16.7 Å². The normalized spacial score (nSPS) is 14.1. The molecule has 5 nitrogen and oxygen atoms in total. The van der Waals surface area contributed by atoms with Gasteiger partial charge in [-0.1, -0.05) is 6.92 Å². The summed E-state index contributed by atoms with van der Waals surface area (Å²) in [6.45, 7) is 3.36. The van der Waals surface area contributed by atoms with Crippen molar-refractivity contribution in [1.29, 1.82) is 0 Å². The van der Waals surface area contributed by atoms with Crippen molar-refractivity contribution in [2.45, 2.75) is 25.7 Å². The zero-order valence-electron chi connectivity index (χ0n) is 11.2. The van der Waals surface area contributed by atoms with Gasteiger partial charge >= 0.3 is 0 Å². The van der Waals surface area contributed by atoms with E-state index >= 15 is 0 Å². The largest absolute Gasteiger partial charge is 0.446 e. The number of hydrogen-bond donors (Lipinski definition) is 1. The van der Waals surface area contributed by atoms with Gasteiger partial charge in [-0.2, -0.15) is 0 Å². The highest BCUT2D eigenvalue weighted by Crippen LogP contribution is 2.33. The highest BCUT2D eigenvalue weighted by Gasteiger charge is 2.43. The van der Waals surface area contributed by atoms with Gasteiger partial charge in [0.2, 0.25) is 11.6 Å². The lowest BCUT2D eigenvalue weighted by molar-refractivity contribution is -0.135. The summed E-state index contributed by atoms with van der Waals surface area (Å²) < 4.78 is 5.34. The molecule has 0 saturated heterocycles. The number of carbonyl (C=O) groups is 2. The summed E-state index contributed by atoms with van der Waals surface area (Å²) in [6, 6.07) is 3.55. The van der Waals surface area contributed by atoms with Crippen LogP contribution in [0.25, 0.3) is 11.1 Å². The second-order valence-corrected chi connectivity index (χ2v) is 4.49. The molecule has 100 valence electrons. The molecule has 1 unspecified atom stereocenters. The topological polar surface area (TPSA) is 72.2 Å². The van der Waals surface area contributed by atoms with E-state index in [1.807, 2.05) is 0 Å². The summed E-state index contributed by atoms with van der Waals surface area (Å²) in [7, 11) is 1.52. The minimum absolute atomic E-state index is 0.154. The maximum Gasteiger partial charge on any atom is 0.237 e. The molecule has 0 fully saturated rings. The van der Waals surface area contributed by atoms with Crippen LogP contribution in [0, 0.1) is 0 Å². The average Bonchev–Trinajstić information content (AvgIpc) is 2.88. The molecule has 1 N–H and O–H groups in total. The lowest BCUT2D eigenvalue weighted by Gasteiger charge is -2.24. The van der Waals surface area contributed by atoms with Gasteiger partial charge in [0.25, 0.3) is 0 Å². The minimum Gasteiger partial charge on any atom is -0.446 e. The number of fused-ring (bicyclic) bond motifs is 1. The van der Waals surface area contributed by atoms with Crippen molar-refractivity contribution >= 4 is 22.8 Å². The molecule has 0 bridgehead atoms. The first-order valence-corrected chi connectivity index (χ1v) is 6.13. The van der Waals surface area contributed by atoms with Gasteiger partial charge < -0.3 is 9.73 Å². The maximum absolute atomic E-state index is 12.3. The molecule has 0 aliphatic rings. The quantitative estimate of drug-likeness (QED) is 0.851. The number of pyridine rings is 1. The number of rotatable bonds is 4. The van der Waals surface area contributed by atoms with E-state index in [-0.39, 0.29) is 18.1 Å². The molecule has 1 amide bonds. The summed E-state index contributed by atoms with van der Waals surface area (Å²) in [5.41, 5.74) is -0.268. The van der Waals surface area contributed by atoms with Gasteiger partial charge in [-0.25, -0.2) is 4.98 Å². The third-order valence-electron chi connectivity index (χ3n) is 3.45. The zero-order valence-corrected chi connectivity index (χ0v) is 11.2. The van der Waals surface area contributed by atoms with E-state index in [1.165, 1.54) is 13.3 Å². The Morgan fingerprint density at radius 1 is 1.47 bits per heavy atom. The Labute approximate surface area is 111 Å². The average molecular weight is 260 g/mol. The zero-order chi connectivity index (χ0) is 14.0. The molecular weight excluding hydrogens is 244 g/mol. The molecule has 1 atom stereocenters. The Bertz CT molecular complexity index is 614. The number of hydrogen-bond acceptors (Lipinski definition) is 4. The Hall–Kier alpha value is -2.17. The molecule has 0 aromatic carbocycles. The second kappa shape index (κ2) is 4.84. The number of nitrogens with zero attached hydrogens (tertiary/aromatic N) is 1. The monoisotopic (exact) mass is 260 g/mol. The third kappa shape index (κ3) is 1.91. The van der Waals surface area contributed by atoms with Crippen LogP contribution in [0.2, 0.25) is 0 Å². The Kier molecular flexibility index (Phi) is 3.38. The van der Waals surface area contributed by atoms with Crippen molar-refractivity contribution < 1.29 is 14.0 Å². The number of furan rings is 1. The van der Waals surface area contributed by atoms with Gasteiger partial charge in [-0.15, -0.1) is 0 Å². The van der Waals surface area contributed by atoms with Crippen LogP contribution < -0.4 is 5.32 Å². The molecule has 19 heavy (non-hydrogen) atoms. The number of ketones is 1. The molecule has 2 aromatic heterocycles. The smallest absolute Gasteiger partial charge is 0.237 e. The third-order valence-corrected chi connectivity index (χ3v) is 3.45. The molecule has 0 aliphatic heterocycles. The molecule has 2 aromatic rings. The number of carbonyl (C=O) groups excluding carboxylic acids is 2. The van der Waals surface area contributed by atoms with Crippen LogP contribution in [-0.2, 0) is 15.0 Å². The lowest BCUT2D eigenvalue weighted by Crippen LogP contribution is -2.46. The first kappa shape index (κ1) is 13.3. The van der Waals surface area contributed by atoms with Gasteiger partial charge in [-0.05, 0) is 19.1 Å². The number of amides is 1. The van der Waals surface area contributed by atoms with Crippen molar-refractivity contribution in [3.8, 4) is 0 Å². The fourth-order valence-electron chi connectivity index (χ4n) is 2.26. The molecule has 2 heterocycles. The van der Waals surface area contributed by atoms with Gasteiger partial charge in [0.15, 0.2) is 5.78 Å². The summed E-state index contributed by atoms with van der Waals surface area (Å²) in [6.07, 6.45) is 3.33. The molecule has 5 heteroatoms. The number of aromatic nitrogens is 1. The SMILES string of the molecule is CCC(=O)C(C)(C(=O)NC)c1coc2ncccc12. The first-order chi connectivity index (χ1) is 9.05. The number of likely N-dealkylation sites (N-methyl/N-ethyl adjacent to an activating group) is 1. The predicted molar refractivity (Wildman–Crippen MR) is 70.7 cm³/mol. The summed E-state index contributed by atoms with van der Waals surface area (Å²) in [5, 5.41) is 3.24. The lowest BCUT2D eigenvalue weighted by atomic mass is 9.77. The molecule has 2 rings (SSSR count). The van der Waals surface area contributed by atoms with Crippen LogP contribution in [0.3, 0.4) is 0 Å². The second-order valence-electron chi connectivity index (χ2n) is 4.49. The standard InChI is InChI=1S/C14H16N2O3/c1-4-11(17)14(2,13(18)15-3)10-8-19-12-9(10)6-5-7-16-12/h5-8H,4H2,1-3H3,(H,15,18). The molecule has 0 aliphatic carbocycles. The Balaban J connectivity index is 2.68. The molecule has 0 saturated carbocycles. The Morgan fingerprint density at radius 2 is 2.21 bits per heavy atom. The maximum atomic E-state index is 12.3. The molecular formula is C14H16N2O3. The summed E-state index contributed by atoms with van der Waals surface area (Å²) >= 11 is 0. The van der Waals surface area contributed by atoms with Crippen molar-refractivity contribution in [3.05, 3.63) is 30.2 Å². The minimum atomic E-state index is -1.25. The van der Waals surface area contributed by atoms with Crippen LogP contribution >= 0.6 is 0 Å². The fraction of sp³-hybridized carbons (Fsp3) is 0.357. The molecule has 0 spiro atoms. The van der Waals surface area contributed by atoms with E-state index in [4.69, 9.17) is 4.42 Å². The number of Topliss-reactive ketones (excluding diaryl/α,β-unsaturated/α-hetero) is 1. The van der Waals surface area contributed by atoms with E-state index < -0.39 is 5.41 Å². The van der Waals surface area contributed by atoms with Gasteiger partial charge in [-0.3, -0.25) is 9.59 Å². The van der Waals surface area contributed by atoms with Crippen molar-refractivity contribution in [3.63, 3.8) is 0 Å². The highest BCUT2D eigenvalue weighted by atomic mass is 16.3. The number of nitrogens with one attached hydrogen (secondary N) is 1. The van der Waals surface area contributed by atoms with Crippen LogP contribution in [0.4, 0.5) is 0 Å². The van der Waals surface area contributed by atoms with Crippen LogP contribution in [0.15, 0.2) is 29.0 Å². The van der Waals surface area contributed by atoms with Crippen molar-refractivity contribution in [2.24, 2.45) is 0 Å². The summed E-state index contributed by atoms with van der Waals surface area (Å²) in [4.78, 5) is 28.5. The highest BCUT2D eigenvalue weighted by molar-refractivity contribution is 6.13. The van der Waals surface area contributed by atoms with E-state index in [1.54, 1.807) is 32.2 Å². The van der Waals surface area contributed by atoms with Crippen LogP contribution in [0.1, 0.15) is 25.8 Å². The van der Waals surface area contributed by atoms with Gasteiger partial charge in [0.05, 0.1) is 6.26 Å².